The van der Waals surface area contributed by atoms with Crippen LogP contribution in [0.3, 0.4) is 0 Å². The number of nitrogens with one attached hydrogen (secondary N) is 1. The second-order valence-corrected chi connectivity index (χ2v) is 6.68. The second kappa shape index (κ2) is 6.19. The first-order valence-corrected chi connectivity index (χ1v) is 7.76. The molecule has 0 saturated carbocycles. The molecule has 2 rings (SSSR count). The summed E-state index contributed by atoms with van der Waals surface area (Å²) in [5.74, 6) is 1.29. The van der Waals surface area contributed by atoms with Gasteiger partial charge in [-0.25, -0.2) is 12.7 Å². The molecule has 0 spiro atoms. The van der Waals surface area contributed by atoms with Crippen LogP contribution in [-0.2, 0) is 16.6 Å². The number of rotatable bonds is 6. The number of hydrogen-bond donors (Lipinski definition) is 1. The Kier molecular flexibility index (Phi) is 4.54. The third-order valence-electron chi connectivity index (χ3n) is 2.91. The molecule has 0 aliphatic rings. The van der Waals surface area contributed by atoms with Crippen LogP contribution in [0.1, 0.15) is 5.76 Å². The molecule has 0 saturated heterocycles. The molecular weight excluding hydrogens is 292 g/mol. The molecule has 114 valence electrons. The number of furan rings is 1. The lowest BCUT2D eigenvalue weighted by Gasteiger charge is -2.08. The van der Waals surface area contributed by atoms with Crippen molar-refractivity contribution in [2.24, 2.45) is 0 Å². The summed E-state index contributed by atoms with van der Waals surface area (Å²) in [5, 5.41) is 3.09. The van der Waals surface area contributed by atoms with E-state index in [-0.39, 0.29) is 5.09 Å². The van der Waals surface area contributed by atoms with E-state index in [1.54, 1.807) is 13.2 Å². The number of ether oxygens (including phenoxy) is 1. The highest BCUT2D eigenvalue weighted by molar-refractivity contribution is 7.88. The van der Waals surface area contributed by atoms with Crippen molar-refractivity contribution in [3.8, 4) is 5.75 Å². The van der Waals surface area contributed by atoms with Gasteiger partial charge in [-0.05, 0) is 24.3 Å². The minimum absolute atomic E-state index is 0.0602. The van der Waals surface area contributed by atoms with Crippen LogP contribution in [-0.4, -0.2) is 33.9 Å². The van der Waals surface area contributed by atoms with Crippen LogP contribution < -0.4 is 10.1 Å². The minimum Gasteiger partial charge on any atom is -0.497 e. The van der Waals surface area contributed by atoms with E-state index >= 15 is 0 Å². The SMILES string of the molecule is COc1cccc(NCc2ccc(S(=O)(=O)N(C)C)o2)c1. The van der Waals surface area contributed by atoms with Crippen molar-refractivity contribution in [1.29, 1.82) is 0 Å². The average Bonchev–Trinajstić information content (AvgIpc) is 2.94. The summed E-state index contributed by atoms with van der Waals surface area (Å²) in [4.78, 5) is 0. The molecule has 1 aromatic carbocycles. The van der Waals surface area contributed by atoms with Crippen molar-refractivity contribution in [2.45, 2.75) is 11.6 Å². The standard InChI is InChI=1S/C14H18N2O4S/c1-16(2)21(17,18)14-8-7-13(20-14)10-15-11-5-4-6-12(9-11)19-3/h4-9,15H,10H2,1-3H3. The van der Waals surface area contributed by atoms with Gasteiger partial charge >= 0.3 is 0 Å². The Morgan fingerprint density at radius 2 is 2.00 bits per heavy atom. The van der Waals surface area contributed by atoms with Crippen LogP contribution in [0.2, 0.25) is 0 Å². The predicted molar refractivity (Wildman–Crippen MR) is 79.9 cm³/mol. The smallest absolute Gasteiger partial charge is 0.275 e. The van der Waals surface area contributed by atoms with Crippen molar-refractivity contribution in [2.75, 3.05) is 26.5 Å². The first-order valence-electron chi connectivity index (χ1n) is 6.32. The monoisotopic (exact) mass is 310 g/mol. The summed E-state index contributed by atoms with van der Waals surface area (Å²) in [6.45, 7) is 0.385. The Balaban J connectivity index is 2.06. The van der Waals surface area contributed by atoms with Gasteiger partial charge in [-0.1, -0.05) is 6.07 Å². The van der Waals surface area contributed by atoms with Crippen LogP contribution in [0.4, 0.5) is 5.69 Å². The normalized spacial score (nSPS) is 11.6. The number of sulfonamides is 1. The maximum absolute atomic E-state index is 11.9. The number of hydrogen-bond acceptors (Lipinski definition) is 5. The average molecular weight is 310 g/mol. The van der Waals surface area contributed by atoms with Crippen LogP contribution in [0, 0.1) is 0 Å². The summed E-state index contributed by atoms with van der Waals surface area (Å²) in [7, 11) is 0.999. The number of nitrogens with zero attached hydrogens (tertiary/aromatic N) is 1. The Bertz CT molecular complexity index is 707. The molecule has 6 nitrogen and oxygen atoms in total. The van der Waals surface area contributed by atoms with Crippen LogP contribution >= 0.6 is 0 Å². The van der Waals surface area contributed by atoms with Gasteiger partial charge in [0, 0.05) is 25.8 Å². The molecule has 0 radical (unpaired) electrons. The first kappa shape index (κ1) is 15.4. The molecule has 0 atom stereocenters. The van der Waals surface area contributed by atoms with Gasteiger partial charge in [0.15, 0.2) is 0 Å². The van der Waals surface area contributed by atoms with Gasteiger partial charge in [-0.15, -0.1) is 0 Å². The largest absolute Gasteiger partial charge is 0.497 e. The molecule has 0 unspecified atom stereocenters. The predicted octanol–water partition coefficient (Wildman–Crippen LogP) is 2.15. The van der Waals surface area contributed by atoms with Crippen molar-refractivity contribution < 1.29 is 17.6 Å². The second-order valence-electron chi connectivity index (χ2n) is 4.59. The van der Waals surface area contributed by atoms with E-state index in [9.17, 15) is 8.42 Å². The summed E-state index contributed by atoms with van der Waals surface area (Å²) >= 11 is 0. The van der Waals surface area contributed by atoms with Gasteiger partial charge in [-0.3, -0.25) is 0 Å². The van der Waals surface area contributed by atoms with Gasteiger partial charge in [-0.2, -0.15) is 0 Å². The van der Waals surface area contributed by atoms with Crippen molar-refractivity contribution in [3.05, 3.63) is 42.2 Å². The highest BCUT2D eigenvalue weighted by Gasteiger charge is 2.21. The van der Waals surface area contributed by atoms with E-state index in [1.165, 1.54) is 20.2 Å². The van der Waals surface area contributed by atoms with Gasteiger partial charge < -0.3 is 14.5 Å². The lowest BCUT2D eigenvalue weighted by atomic mass is 10.3. The Morgan fingerprint density at radius 3 is 2.67 bits per heavy atom. The molecule has 2 aromatic rings. The maximum Gasteiger partial charge on any atom is 0.275 e. The fourth-order valence-electron chi connectivity index (χ4n) is 1.69. The van der Waals surface area contributed by atoms with E-state index in [1.807, 2.05) is 24.3 Å². The summed E-state index contributed by atoms with van der Waals surface area (Å²) in [6, 6.07) is 10.6. The molecule has 1 heterocycles. The zero-order chi connectivity index (χ0) is 15.5. The fraction of sp³-hybridized carbons (Fsp3) is 0.286. The zero-order valence-corrected chi connectivity index (χ0v) is 13.0. The van der Waals surface area contributed by atoms with Crippen LogP contribution in [0.5, 0.6) is 5.75 Å². The minimum atomic E-state index is -3.53. The Labute approximate surface area is 124 Å². The van der Waals surface area contributed by atoms with E-state index in [0.29, 0.717) is 12.3 Å². The van der Waals surface area contributed by atoms with Crippen molar-refractivity contribution >= 4 is 15.7 Å². The van der Waals surface area contributed by atoms with E-state index < -0.39 is 10.0 Å². The molecule has 0 bridgehead atoms. The van der Waals surface area contributed by atoms with Gasteiger partial charge in [0.05, 0.1) is 13.7 Å². The topological polar surface area (TPSA) is 71.8 Å². The van der Waals surface area contributed by atoms with E-state index in [2.05, 4.69) is 5.32 Å². The van der Waals surface area contributed by atoms with E-state index in [4.69, 9.17) is 9.15 Å². The Morgan fingerprint density at radius 1 is 1.24 bits per heavy atom. The highest BCUT2D eigenvalue weighted by atomic mass is 32.2. The number of methoxy groups -OCH3 is 1. The van der Waals surface area contributed by atoms with Crippen LogP contribution in [0.25, 0.3) is 0 Å². The Hall–Kier alpha value is -1.99. The number of benzene rings is 1. The molecular formula is C14H18N2O4S. The number of anilines is 1. The molecule has 1 aromatic heterocycles. The molecule has 0 aliphatic heterocycles. The lowest BCUT2D eigenvalue weighted by Crippen LogP contribution is -2.21. The fourth-order valence-corrected chi connectivity index (χ4v) is 2.51. The zero-order valence-electron chi connectivity index (χ0n) is 12.2. The van der Waals surface area contributed by atoms with Gasteiger partial charge in [0.25, 0.3) is 10.0 Å². The quantitative estimate of drug-likeness (QED) is 0.885. The summed E-state index contributed by atoms with van der Waals surface area (Å²) in [5.41, 5.74) is 0.864. The molecule has 0 fully saturated rings. The van der Waals surface area contributed by atoms with E-state index in [0.717, 1.165) is 15.7 Å². The molecule has 1 N–H and O–H groups in total. The maximum atomic E-state index is 11.9. The van der Waals surface area contributed by atoms with Gasteiger partial charge in [0.1, 0.15) is 11.5 Å². The van der Waals surface area contributed by atoms with Crippen molar-refractivity contribution in [1.82, 2.24) is 4.31 Å². The van der Waals surface area contributed by atoms with Crippen molar-refractivity contribution in [3.63, 3.8) is 0 Å². The third kappa shape index (κ3) is 3.56. The molecule has 0 aliphatic carbocycles. The summed E-state index contributed by atoms with van der Waals surface area (Å²) < 4.78 is 35.4. The molecule has 7 heteroatoms. The van der Waals surface area contributed by atoms with Crippen LogP contribution in [0.15, 0.2) is 45.9 Å². The molecule has 0 amide bonds. The lowest BCUT2D eigenvalue weighted by molar-refractivity contribution is 0.402. The third-order valence-corrected chi connectivity index (χ3v) is 4.60. The highest BCUT2D eigenvalue weighted by Crippen LogP contribution is 2.20. The first-order chi connectivity index (χ1) is 9.93. The summed E-state index contributed by atoms with van der Waals surface area (Å²) in [6.07, 6.45) is 0. The van der Waals surface area contributed by atoms with Gasteiger partial charge in [0.2, 0.25) is 5.09 Å². The molecule has 21 heavy (non-hydrogen) atoms.